The second-order valence-corrected chi connectivity index (χ2v) is 8.06. The van der Waals surface area contributed by atoms with E-state index in [0.717, 1.165) is 0 Å². The summed E-state index contributed by atoms with van der Waals surface area (Å²) < 4.78 is 0. The van der Waals surface area contributed by atoms with Crippen molar-refractivity contribution in [1.29, 1.82) is 0 Å². The highest BCUT2D eigenvalue weighted by molar-refractivity contribution is 5.25. The number of hydrogen-bond donors (Lipinski definition) is 0. The van der Waals surface area contributed by atoms with Crippen molar-refractivity contribution < 1.29 is 0 Å². The second-order valence-electron chi connectivity index (χ2n) is 8.06. The van der Waals surface area contributed by atoms with Crippen LogP contribution >= 0.6 is 0 Å². The van der Waals surface area contributed by atoms with Gasteiger partial charge in [0.05, 0.1) is 0 Å². The highest BCUT2D eigenvalue weighted by Gasteiger charge is 2.69. The maximum atomic E-state index is 2.56. The van der Waals surface area contributed by atoms with Gasteiger partial charge >= 0.3 is 0 Å². The van der Waals surface area contributed by atoms with Gasteiger partial charge in [0.25, 0.3) is 0 Å². The van der Waals surface area contributed by atoms with Gasteiger partial charge in [-0.05, 0) is 78.7 Å². The van der Waals surface area contributed by atoms with Crippen LogP contribution in [-0.2, 0) is 0 Å². The van der Waals surface area contributed by atoms with Crippen molar-refractivity contribution in [3.8, 4) is 0 Å². The van der Waals surface area contributed by atoms with E-state index in [1.165, 1.54) is 0 Å². The fourth-order valence-electron chi connectivity index (χ4n) is 5.80. The Morgan fingerprint density at radius 1 is 0.300 bits per heavy atom. The van der Waals surface area contributed by atoms with Gasteiger partial charge in [0.15, 0.2) is 0 Å². The van der Waals surface area contributed by atoms with E-state index in [4.69, 9.17) is 0 Å². The Morgan fingerprint density at radius 2 is 0.433 bits per heavy atom. The molecule has 5 fully saturated rings. The Kier molecular flexibility index (Phi) is 5.58. The lowest BCUT2D eigenvalue weighted by atomic mass is 10.1. The van der Waals surface area contributed by atoms with Crippen LogP contribution in [0.5, 0.6) is 0 Å². The van der Waals surface area contributed by atoms with E-state index in [0.29, 0.717) is 0 Å². The number of nitrogens with zero attached hydrogens (tertiary/aromatic N) is 6. The molecule has 5 aliphatic rings. The average molecular weight is 409 g/mol. The first-order chi connectivity index (χ1) is 14.7. The van der Waals surface area contributed by atoms with Gasteiger partial charge < -0.3 is 29.4 Å². The summed E-state index contributed by atoms with van der Waals surface area (Å²) in [6, 6.07) is 0. The van der Waals surface area contributed by atoms with Crippen molar-refractivity contribution in [1.82, 2.24) is 29.4 Å². The first-order valence-electron chi connectivity index (χ1n) is 11.1. The van der Waals surface area contributed by atoms with E-state index in [1.807, 2.05) is 0 Å². The number of rotatable bonds is 6. The largest absolute Gasteiger partial charge is 0.330 e. The van der Waals surface area contributed by atoms with E-state index in [-0.39, 0.29) is 37.0 Å². The summed E-state index contributed by atoms with van der Waals surface area (Å²) >= 11 is 0. The third kappa shape index (κ3) is 2.62. The van der Waals surface area contributed by atoms with Crippen molar-refractivity contribution in [2.24, 2.45) is 0 Å². The minimum atomic E-state index is 0.192. The fourth-order valence-corrected chi connectivity index (χ4v) is 5.80. The zero-order valence-electron chi connectivity index (χ0n) is 19.1. The van der Waals surface area contributed by atoms with Gasteiger partial charge in [0.2, 0.25) is 0 Å². The second kappa shape index (κ2) is 8.17. The molecule has 0 atom stereocenters. The molecule has 0 aromatic carbocycles. The number of hydrogen-bond acceptors (Lipinski definition) is 6. The third-order valence-electron chi connectivity index (χ3n) is 6.39. The first kappa shape index (κ1) is 20.5. The molecule has 6 nitrogen and oxygen atoms in total. The van der Waals surface area contributed by atoms with Gasteiger partial charge in [-0.1, -0.05) is 36.5 Å². The monoisotopic (exact) mass is 408 g/mol. The molecule has 162 valence electrons. The van der Waals surface area contributed by atoms with Gasteiger partial charge in [-0.25, -0.2) is 0 Å². The smallest absolute Gasteiger partial charge is 0.144 e. The Labute approximate surface area is 182 Å². The Balaban J connectivity index is 2.03. The van der Waals surface area contributed by atoms with Gasteiger partial charge in [-0.3, -0.25) is 0 Å². The molecule has 30 heavy (non-hydrogen) atoms. The summed E-state index contributed by atoms with van der Waals surface area (Å²) in [6.45, 7) is 12.7. The molecule has 5 rings (SSSR count). The molecule has 6 bridgehead atoms. The molecule has 5 aliphatic heterocycles. The van der Waals surface area contributed by atoms with Crippen LogP contribution in [0, 0.1) is 0 Å². The molecule has 5 heterocycles. The minimum absolute atomic E-state index is 0.192. The van der Waals surface area contributed by atoms with Gasteiger partial charge in [-0.15, -0.1) is 0 Å². The molecule has 0 aromatic heterocycles. The molecule has 0 N–H and O–H groups in total. The number of piperazine rings is 1. The van der Waals surface area contributed by atoms with Crippen molar-refractivity contribution >= 4 is 0 Å². The normalized spacial score (nSPS) is 35.8. The van der Waals surface area contributed by atoms with E-state index in [2.05, 4.69) is 145 Å². The Bertz CT molecular complexity index is 678. The quantitative estimate of drug-likeness (QED) is 0.657. The SMILES string of the molecule is CC=CN1C2C3N(C=CC)C1C1N(C=CC)C(C(N1C=CC)N3C=CC)N2C=CC. The maximum absolute atomic E-state index is 2.56. The maximum Gasteiger partial charge on any atom is 0.144 e. The zero-order chi connectivity index (χ0) is 21.4. The van der Waals surface area contributed by atoms with Crippen molar-refractivity contribution in [2.45, 2.75) is 78.5 Å². The molecular formula is C24H36N6. The van der Waals surface area contributed by atoms with Crippen LogP contribution in [0.2, 0.25) is 0 Å². The molecule has 0 unspecified atom stereocenters. The summed E-state index contributed by atoms with van der Waals surface area (Å²) in [5, 5.41) is 0. The molecule has 5 saturated heterocycles. The van der Waals surface area contributed by atoms with E-state index < -0.39 is 0 Å². The predicted molar refractivity (Wildman–Crippen MR) is 123 cm³/mol. The van der Waals surface area contributed by atoms with Crippen LogP contribution < -0.4 is 0 Å². The molecule has 0 aromatic rings. The van der Waals surface area contributed by atoms with E-state index >= 15 is 0 Å². The van der Waals surface area contributed by atoms with Gasteiger partial charge in [0, 0.05) is 0 Å². The summed E-state index contributed by atoms with van der Waals surface area (Å²) in [7, 11) is 0. The van der Waals surface area contributed by atoms with Gasteiger partial charge in [0.1, 0.15) is 37.0 Å². The summed E-state index contributed by atoms with van der Waals surface area (Å²) in [5.74, 6) is 0. The average Bonchev–Trinajstić information content (AvgIpc) is 3.14. The van der Waals surface area contributed by atoms with Crippen molar-refractivity contribution in [3.63, 3.8) is 0 Å². The zero-order valence-corrected chi connectivity index (χ0v) is 19.1. The predicted octanol–water partition coefficient (Wildman–Crippen LogP) is 4.01. The van der Waals surface area contributed by atoms with Crippen LogP contribution in [0.25, 0.3) is 0 Å². The lowest BCUT2D eigenvalue weighted by Gasteiger charge is -2.54. The van der Waals surface area contributed by atoms with E-state index in [1.54, 1.807) is 0 Å². The molecular weight excluding hydrogens is 372 g/mol. The van der Waals surface area contributed by atoms with Crippen LogP contribution in [0.1, 0.15) is 41.5 Å². The number of allylic oxidation sites excluding steroid dienone is 6. The summed E-state index contributed by atoms with van der Waals surface area (Å²) in [6.07, 6.45) is 28.0. The van der Waals surface area contributed by atoms with Crippen molar-refractivity contribution in [3.05, 3.63) is 73.7 Å². The van der Waals surface area contributed by atoms with Crippen LogP contribution in [0.15, 0.2) is 73.7 Å². The standard InChI is InChI=1S/C24H36N6/c1-7-13-25-19-20-26(14-8-2)23(25)24-27(15-9-3)21(29(19)17-11-5)22(28(24)16-10-4)30(20)18-12-6/h7-24H,1-6H3. The molecule has 0 saturated carbocycles. The highest BCUT2D eigenvalue weighted by atomic mass is 15.8. The summed E-state index contributed by atoms with van der Waals surface area (Å²) in [4.78, 5) is 15.3. The van der Waals surface area contributed by atoms with Gasteiger partial charge in [-0.2, -0.15) is 0 Å². The Morgan fingerprint density at radius 3 is 0.533 bits per heavy atom. The lowest BCUT2D eigenvalue weighted by molar-refractivity contribution is -0.0929. The van der Waals surface area contributed by atoms with Crippen LogP contribution in [0.4, 0.5) is 0 Å². The molecule has 0 spiro atoms. The fraction of sp³-hybridized carbons (Fsp3) is 0.500. The lowest BCUT2D eigenvalue weighted by Crippen LogP contribution is -2.70. The summed E-state index contributed by atoms with van der Waals surface area (Å²) in [5.41, 5.74) is 0. The first-order valence-corrected chi connectivity index (χ1v) is 11.1. The van der Waals surface area contributed by atoms with Crippen LogP contribution in [0.3, 0.4) is 0 Å². The third-order valence-corrected chi connectivity index (χ3v) is 6.39. The minimum Gasteiger partial charge on any atom is -0.330 e. The Hall–Kier alpha value is -2.76. The van der Waals surface area contributed by atoms with Crippen LogP contribution in [-0.4, -0.2) is 66.4 Å². The highest BCUT2D eigenvalue weighted by Crippen LogP contribution is 2.52. The molecule has 0 aliphatic carbocycles. The molecule has 0 radical (unpaired) electrons. The molecule has 0 amide bonds. The molecule has 6 heteroatoms. The van der Waals surface area contributed by atoms with E-state index in [9.17, 15) is 0 Å². The topological polar surface area (TPSA) is 19.4 Å². The van der Waals surface area contributed by atoms with Crippen molar-refractivity contribution in [2.75, 3.05) is 0 Å².